The lowest BCUT2D eigenvalue weighted by Gasteiger charge is -2.34. The Morgan fingerprint density at radius 3 is 2.89 bits per heavy atom. The van der Waals surface area contributed by atoms with E-state index in [0.29, 0.717) is 17.0 Å². The topological polar surface area (TPSA) is 92.9 Å². The van der Waals surface area contributed by atoms with Gasteiger partial charge in [0.1, 0.15) is 12.1 Å². The third-order valence-corrected chi connectivity index (χ3v) is 5.20. The van der Waals surface area contributed by atoms with Gasteiger partial charge in [-0.05, 0) is 37.6 Å². The van der Waals surface area contributed by atoms with E-state index in [2.05, 4.69) is 51.8 Å². The molecule has 3 aromatic rings. The summed E-state index contributed by atoms with van der Waals surface area (Å²) in [5.74, 6) is 0.632. The highest BCUT2D eigenvalue weighted by Crippen LogP contribution is 2.30. The van der Waals surface area contributed by atoms with Crippen molar-refractivity contribution in [1.29, 1.82) is 0 Å². The van der Waals surface area contributed by atoms with Crippen LogP contribution in [0.15, 0.2) is 48.8 Å². The van der Waals surface area contributed by atoms with Crippen LogP contribution in [0.4, 0.5) is 5.82 Å². The van der Waals surface area contributed by atoms with Crippen LogP contribution in [0.25, 0.3) is 10.9 Å². The molecule has 1 aromatic heterocycles. The molecule has 1 unspecified atom stereocenters. The van der Waals surface area contributed by atoms with Gasteiger partial charge in [-0.2, -0.15) is 0 Å². The van der Waals surface area contributed by atoms with Gasteiger partial charge in [0.25, 0.3) is 5.91 Å². The zero-order valence-electron chi connectivity index (χ0n) is 15.3. The van der Waals surface area contributed by atoms with E-state index >= 15 is 0 Å². The van der Waals surface area contributed by atoms with Crippen LogP contribution >= 0.6 is 0 Å². The van der Waals surface area contributed by atoms with Gasteiger partial charge in [0.2, 0.25) is 0 Å². The Hall–Kier alpha value is -2.99. The van der Waals surface area contributed by atoms with E-state index in [-0.39, 0.29) is 6.04 Å². The van der Waals surface area contributed by atoms with Crippen LogP contribution in [0, 0.1) is 6.92 Å². The van der Waals surface area contributed by atoms with Crippen molar-refractivity contribution in [2.75, 3.05) is 18.4 Å². The van der Waals surface area contributed by atoms with E-state index in [1.165, 1.54) is 17.5 Å². The molecular weight excluding hydrogens is 338 g/mol. The number of amides is 1. The molecule has 0 bridgehead atoms. The lowest BCUT2D eigenvalue weighted by Crippen LogP contribution is -2.44. The molecule has 2 heterocycles. The average Bonchev–Trinajstić information content (AvgIpc) is 2.68. The first kappa shape index (κ1) is 17.4. The van der Waals surface area contributed by atoms with Crippen LogP contribution in [0.1, 0.15) is 33.8 Å². The highest BCUT2D eigenvalue weighted by atomic mass is 16.1. The number of nitrogens with one attached hydrogen (secondary N) is 2. The molecule has 1 amide bonds. The smallest absolute Gasteiger partial charge is 0.250 e. The Morgan fingerprint density at radius 2 is 2.07 bits per heavy atom. The minimum absolute atomic E-state index is 0.191. The normalized spacial score (nSPS) is 19.7. The summed E-state index contributed by atoms with van der Waals surface area (Å²) < 4.78 is 0. The van der Waals surface area contributed by atoms with Crippen molar-refractivity contribution >= 4 is 22.6 Å². The maximum atomic E-state index is 11.7. The number of carbonyl (C=O) groups excluding carboxylic acids is 1. The number of nitrogens with two attached hydrogens (primary N) is 1. The summed E-state index contributed by atoms with van der Waals surface area (Å²) in [7, 11) is 0. The first-order valence-electron chi connectivity index (χ1n) is 9.21. The zero-order chi connectivity index (χ0) is 18.8. The van der Waals surface area contributed by atoms with E-state index < -0.39 is 5.91 Å². The van der Waals surface area contributed by atoms with Crippen LogP contribution in [0.2, 0.25) is 0 Å². The molecule has 2 atom stereocenters. The molecule has 1 saturated heterocycles. The number of anilines is 1. The van der Waals surface area contributed by atoms with Gasteiger partial charge in [0.15, 0.2) is 0 Å². The summed E-state index contributed by atoms with van der Waals surface area (Å²) in [4.78, 5) is 20.4. The second-order valence-corrected chi connectivity index (χ2v) is 7.05. The number of hydrogen-bond donors (Lipinski definition) is 3. The summed E-state index contributed by atoms with van der Waals surface area (Å²) in [6.45, 7) is 3.96. The Morgan fingerprint density at radius 1 is 1.22 bits per heavy atom. The molecule has 0 radical (unpaired) electrons. The Kier molecular flexibility index (Phi) is 4.73. The van der Waals surface area contributed by atoms with Crippen molar-refractivity contribution in [3.8, 4) is 0 Å². The van der Waals surface area contributed by atoms with Gasteiger partial charge in [-0.1, -0.05) is 35.9 Å². The van der Waals surface area contributed by atoms with Gasteiger partial charge in [-0.15, -0.1) is 0 Å². The average molecular weight is 361 g/mol. The molecule has 6 heteroatoms. The fourth-order valence-corrected chi connectivity index (χ4v) is 3.89. The van der Waals surface area contributed by atoms with Crippen molar-refractivity contribution in [1.82, 2.24) is 15.3 Å². The summed E-state index contributed by atoms with van der Waals surface area (Å²) in [6, 6.07) is 14.3. The predicted molar refractivity (Wildman–Crippen MR) is 107 cm³/mol. The van der Waals surface area contributed by atoms with Crippen LogP contribution in [0.3, 0.4) is 0 Å². The van der Waals surface area contributed by atoms with E-state index in [4.69, 9.17) is 5.73 Å². The standard InChI is InChI=1S/C21H23N5O/c1-13-4-2-5-14(10-13)15-8-9-23-11-18(15)26-21-17-7-3-6-16(20(22)27)19(17)24-12-25-21/h2-7,10,12,15,18,23H,8-9,11H2,1H3,(H2,22,27)(H,24,25,26)/t15-,18?/m0/s1. The number of para-hydroxylation sites is 1. The van der Waals surface area contributed by atoms with Crippen molar-refractivity contribution < 1.29 is 4.79 Å². The fraction of sp³-hybridized carbons (Fsp3) is 0.286. The number of nitrogens with zero attached hydrogens (tertiary/aromatic N) is 2. The molecule has 2 aromatic carbocycles. The molecule has 4 N–H and O–H groups in total. The summed E-state index contributed by atoms with van der Waals surface area (Å²) >= 11 is 0. The largest absolute Gasteiger partial charge is 0.366 e. The van der Waals surface area contributed by atoms with Crippen molar-refractivity contribution in [2.45, 2.75) is 25.3 Å². The number of primary amides is 1. The molecule has 1 fully saturated rings. The minimum Gasteiger partial charge on any atom is -0.366 e. The zero-order valence-corrected chi connectivity index (χ0v) is 15.3. The fourth-order valence-electron chi connectivity index (χ4n) is 3.89. The van der Waals surface area contributed by atoms with Gasteiger partial charge in [0.05, 0.1) is 11.1 Å². The van der Waals surface area contributed by atoms with Crippen molar-refractivity contribution in [3.05, 3.63) is 65.5 Å². The number of carbonyl (C=O) groups is 1. The predicted octanol–water partition coefficient (Wildman–Crippen LogP) is 2.59. The van der Waals surface area contributed by atoms with Gasteiger partial charge in [-0.3, -0.25) is 4.79 Å². The number of piperidine rings is 1. The lowest BCUT2D eigenvalue weighted by atomic mass is 9.85. The molecule has 1 aliphatic heterocycles. The summed E-state index contributed by atoms with van der Waals surface area (Å²) in [5, 5.41) is 7.87. The Labute approximate surface area is 158 Å². The van der Waals surface area contributed by atoms with E-state index in [1.54, 1.807) is 6.07 Å². The van der Waals surface area contributed by atoms with Gasteiger partial charge >= 0.3 is 0 Å². The third kappa shape index (κ3) is 3.48. The van der Waals surface area contributed by atoms with Gasteiger partial charge < -0.3 is 16.4 Å². The number of rotatable bonds is 4. The number of aromatic nitrogens is 2. The highest BCUT2D eigenvalue weighted by molar-refractivity contribution is 6.06. The quantitative estimate of drug-likeness (QED) is 0.664. The number of fused-ring (bicyclic) bond motifs is 1. The maximum absolute atomic E-state index is 11.7. The van der Waals surface area contributed by atoms with Crippen LogP contribution in [-0.4, -0.2) is 35.0 Å². The van der Waals surface area contributed by atoms with Crippen molar-refractivity contribution in [3.63, 3.8) is 0 Å². The first-order chi connectivity index (χ1) is 13.1. The minimum atomic E-state index is -0.484. The SMILES string of the molecule is Cc1cccc([C@@H]2CCNCC2Nc2ncnc3c(C(N)=O)cccc23)c1. The maximum Gasteiger partial charge on any atom is 0.250 e. The second kappa shape index (κ2) is 7.32. The van der Waals surface area contributed by atoms with Gasteiger partial charge in [-0.25, -0.2) is 9.97 Å². The monoisotopic (exact) mass is 361 g/mol. The van der Waals surface area contributed by atoms with E-state index in [9.17, 15) is 4.79 Å². The molecule has 6 nitrogen and oxygen atoms in total. The number of hydrogen-bond acceptors (Lipinski definition) is 5. The molecule has 27 heavy (non-hydrogen) atoms. The van der Waals surface area contributed by atoms with E-state index in [1.807, 2.05) is 12.1 Å². The second-order valence-electron chi connectivity index (χ2n) is 7.05. The lowest BCUT2D eigenvalue weighted by molar-refractivity contribution is 0.100. The van der Waals surface area contributed by atoms with Crippen LogP contribution in [0.5, 0.6) is 0 Å². The summed E-state index contributed by atoms with van der Waals surface area (Å²) in [6.07, 6.45) is 2.53. The molecule has 0 saturated carbocycles. The molecular formula is C21H23N5O. The molecule has 0 aliphatic carbocycles. The van der Waals surface area contributed by atoms with Crippen LogP contribution in [-0.2, 0) is 0 Å². The van der Waals surface area contributed by atoms with Crippen molar-refractivity contribution in [2.24, 2.45) is 5.73 Å². The Balaban J connectivity index is 1.70. The molecule has 0 spiro atoms. The van der Waals surface area contributed by atoms with Crippen LogP contribution < -0.4 is 16.4 Å². The highest BCUT2D eigenvalue weighted by Gasteiger charge is 2.27. The van der Waals surface area contributed by atoms with E-state index in [0.717, 1.165) is 30.7 Å². The molecule has 4 rings (SSSR count). The molecule has 138 valence electrons. The third-order valence-electron chi connectivity index (χ3n) is 5.20. The molecule has 1 aliphatic rings. The Bertz CT molecular complexity index is 987. The number of benzene rings is 2. The first-order valence-corrected chi connectivity index (χ1v) is 9.21. The summed E-state index contributed by atoms with van der Waals surface area (Å²) in [5.41, 5.74) is 9.10. The van der Waals surface area contributed by atoms with Gasteiger partial charge in [0, 0.05) is 23.9 Å². The number of aryl methyl sites for hydroxylation is 1.